The smallest absolute Gasteiger partial charge is 0.313 e. The molecule has 1 rings (SSSR count). The van der Waals surface area contributed by atoms with Crippen LogP contribution >= 0.6 is 0 Å². The van der Waals surface area contributed by atoms with Crippen LogP contribution in [0.3, 0.4) is 0 Å². The van der Waals surface area contributed by atoms with E-state index in [0.29, 0.717) is 26.2 Å². The van der Waals surface area contributed by atoms with Gasteiger partial charge in [0, 0.05) is 18.5 Å². The van der Waals surface area contributed by atoms with Gasteiger partial charge in [0.15, 0.2) is 0 Å². The highest BCUT2D eigenvalue weighted by Crippen LogP contribution is 2.42. The maximum Gasteiger partial charge on any atom is 0.313 e. The SMILES string of the molecule is C=CCN[C@H](C[C@H](c1ccccc1)C(C)(C)C(=O)OCC)C(C)(C)C(=O)OCC. The summed E-state index contributed by atoms with van der Waals surface area (Å²) in [7, 11) is 0. The van der Waals surface area contributed by atoms with E-state index in [1.807, 2.05) is 65.0 Å². The van der Waals surface area contributed by atoms with Crippen molar-refractivity contribution in [2.24, 2.45) is 10.8 Å². The van der Waals surface area contributed by atoms with Crippen molar-refractivity contribution in [3.63, 3.8) is 0 Å². The number of hydrogen-bond donors (Lipinski definition) is 1. The lowest BCUT2D eigenvalue weighted by atomic mass is 9.68. The Balaban J connectivity index is 3.35. The average molecular weight is 404 g/mol. The quantitative estimate of drug-likeness (QED) is 0.412. The highest BCUT2D eigenvalue weighted by Gasteiger charge is 2.45. The second kappa shape index (κ2) is 11.1. The zero-order valence-corrected chi connectivity index (χ0v) is 18.8. The highest BCUT2D eigenvalue weighted by atomic mass is 16.5. The largest absolute Gasteiger partial charge is 0.466 e. The number of esters is 2. The first-order chi connectivity index (χ1) is 13.6. The number of ether oxygens (including phenoxy) is 2. The Morgan fingerprint density at radius 1 is 1.00 bits per heavy atom. The lowest BCUT2D eigenvalue weighted by Crippen LogP contribution is -2.50. The molecule has 0 fully saturated rings. The number of carbonyl (C=O) groups is 2. The Bertz CT molecular complexity index is 667. The van der Waals surface area contributed by atoms with Crippen LogP contribution in [0.2, 0.25) is 0 Å². The molecule has 0 amide bonds. The summed E-state index contributed by atoms with van der Waals surface area (Å²) in [6.07, 6.45) is 2.33. The monoisotopic (exact) mass is 403 g/mol. The summed E-state index contributed by atoms with van der Waals surface area (Å²) < 4.78 is 10.7. The Morgan fingerprint density at radius 2 is 1.52 bits per heavy atom. The normalized spacial score (nSPS) is 14.0. The van der Waals surface area contributed by atoms with Crippen LogP contribution in [0, 0.1) is 10.8 Å². The third kappa shape index (κ3) is 6.43. The summed E-state index contributed by atoms with van der Waals surface area (Å²) in [5.74, 6) is -0.661. The fraction of sp³-hybridized carbons (Fsp3) is 0.583. The summed E-state index contributed by atoms with van der Waals surface area (Å²) in [4.78, 5) is 25.5. The van der Waals surface area contributed by atoms with Gasteiger partial charge in [-0.1, -0.05) is 36.4 Å². The van der Waals surface area contributed by atoms with Gasteiger partial charge in [0.1, 0.15) is 0 Å². The summed E-state index contributed by atoms with van der Waals surface area (Å²) in [5, 5.41) is 3.42. The first-order valence-electron chi connectivity index (χ1n) is 10.4. The molecule has 0 unspecified atom stereocenters. The molecular weight excluding hydrogens is 366 g/mol. The molecule has 0 aromatic heterocycles. The summed E-state index contributed by atoms with van der Waals surface area (Å²) in [5.41, 5.74) is -0.511. The molecule has 5 heteroatoms. The minimum absolute atomic E-state index is 0.154. The van der Waals surface area contributed by atoms with Crippen molar-refractivity contribution in [3.05, 3.63) is 48.6 Å². The van der Waals surface area contributed by atoms with Crippen LogP contribution < -0.4 is 5.32 Å². The molecule has 0 heterocycles. The topological polar surface area (TPSA) is 64.6 Å². The average Bonchev–Trinajstić information content (AvgIpc) is 2.68. The number of benzene rings is 1. The van der Waals surface area contributed by atoms with Crippen molar-refractivity contribution >= 4 is 11.9 Å². The van der Waals surface area contributed by atoms with Gasteiger partial charge >= 0.3 is 11.9 Å². The molecule has 0 aliphatic carbocycles. The van der Waals surface area contributed by atoms with Crippen molar-refractivity contribution in [2.45, 2.75) is 59.9 Å². The van der Waals surface area contributed by atoms with Crippen molar-refractivity contribution in [3.8, 4) is 0 Å². The molecular formula is C24H37NO4. The molecule has 0 bridgehead atoms. The predicted octanol–water partition coefficient (Wildman–Crippen LogP) is 4.48. The molecule has 162 valence electrons. The van der Waals surface area contributed by atoms with Crippen LogP contribution in [-0.4, -0.2) is 37.7 Å². The first-order valence-corrected chi connectivity index (χ1v) is 10.4. The molecule has 2 atom stereocenters. The first kappa shape index (κ1) is 24.9. The van der Waals surface area contributed by atoms with Crippen molar-refractivity contribution in [1.82, 2.24) is 5.32 Å². The zero-order chi connectivity index (χ0) is 22.1. The number of carbonyl (C=O) groups excluding carboxylic acids is 2. The van der Waals surface area contributed by atoms with E-state index >= 15 is 0 Å². The van der Waals surface area contributed by atoms with Gasteiger partial charge in [-0.25, -0.2) is 0 Å². The van der Waals surface area contributed by atoms with E-state index in [-0.39, 0.29) is 23.9 Å². The third-order valence-corrected chi connectivity index (χ3v) is 5.53. The van der Waals surface area contributed by atoms with E-state index in [2.05, 4.69) is 11.9 Å². The number of rotatable bonds is 12. The lowest BCUT2D eigenvalue weighted by Gasteiger charge is -2.39. The van der Waals surface area contributed by atoms with Gasteiger partial charge in [-0.2, -0.15) is 0 Å². The minimum atomic E-state index is -0.781. The number of nitrogens with one attached hydrogen (secondary N) is 1. The van der Waals surface area contributed by atoms with Crippen LogP contribution in [0.1, 0.15) is 59.4 Å². The molecule has 0 spiro atoms. The summed E-state index contributed by atoms with van der Waals surface area (Å²) in [6, 6.07) is 9.70. The molecule has 1 N–H and O–H groups in total. The molecule has 1 aromatic rings. The van der Waals surface area contributed by atoms with Gasteiger partial charge in [0.25, 0.3) is 0 Å². The molecule has 0 saturated heterocycles. The van der Waals surface area contributed by atoms with E-state index in [1.54, 1.807) is 13.0 Å². The zero-order valence-electron chi connectivity index (χ0n) is 18.8. The van der Waals surface area contributed by atoms with Crippen LogP contribution in [0.15, 0.2) is 43.0 Å². The molecule has 0 radical (unpaired) electrons. The van der Waals surface area contributed by atoms with E-state index < -0.39 is 10.8 Å². The summed E-state index contributed by atoms with van der Waals surface area (Å²) >= 11 is 0. The van der Waals surface area contributed by atoms with Gasteiger partial charge in [0.2, 0.25) is 0 Å². The van der Waals surface area contributed by atoms with Gasteiger partial charge < -0.3 is 14.8 Å². The maximum atomic E-state index is 12.8. The van der Waals surface area contributed by atoms with Gasteiger partial charge in [-0.3, -0.25) is 9.59 Å². The van der Waals surface area contributed by atoms with Crippen LogP contribution in [-0.2, 0) is 19.1 Å². The predicted molar refractivity (Wildman–Crippen MR) is 117 cm³/mol. The second-order valence-electron chi connectivity index (χ2n) is 8.33. The van der Waals surface area contributed by atoms with Gasteiger partial charge in [-0.05, 0) is 53.5 Å². The van der Waals surface area contributed by atoms with Crippen molar-refractivity contribution in [1.29, 1.82) is 0 Å². The van der Waals surface area contributed by atoms with Crippen molar-refractivity contribution < 1.29 is 19.1 Å². The lowest BCUT2D eigenvalue weighted by molar-refractivity contribution is -0.156. The molecule has 1 aromatic carbocycles. The Labute approximate surface area is 175 Å². The van der Waals surface area contributed by atoms with E-state index in [4.69, 9.17) is 9.47 Å². The minimum Gasteiger partial charge on any atom is -0.466 e. The third-order valence-electron chi connectivity index (χ3n) is 5.53. The van der Waals surface area contributed by atoms with E-state index in [0.717, 1.165) is 5.56 Å². The fourth-order valence-corrected chi connectivity index (χ4v) is 3.55. The second-order valence-corrected chi connectivity index (χ2v) is 8.33. The Hall–Kier alpha value is -2.14. The molecule has 29 heavy (non-hydrogen) atoms. The van der Waals surface area contributed by atoms with E-state index in [9.17, 15) is 9.59 Å². The van der Waals surface area contributed by atoms with Crippen LogP contribution in [0.5, 0.6) is 0 Å². The van der Waals surface area contributed by atoms with Gasteiger partial charge in [-0.15, -0.1) is 6.58 Å². The Kier molecular flexibility index (Phi) is 9.57. The fourth-order valence-electron chi connectivity index (χ4n) is 3.55. The standard InChI is InChI=1S/C24H37NO4/c1-8-16-25-20(24(6,7)22(27)29-10-3)17-19(18-14-12-11-13-15-18)23(4,5)21(26)28-9-2/h8,11-15,19-20,25H,1,9-10,16-17H2,2-7H3/t19-,20-/m1/s1. The van der Waals surface area contributed by atoms with Crippen LogP contribution in [0.25, 0.3) is 0 Å². The molecule has 5 nitrogen and oxygen atoms in total. The number of hydrogen-bond acceptors (Lipinski definition) is 5. The molecule has 0 aliphatic rings. The highest BCUT2D eigenvalue weighted by molar-refractivity contribution is 5.78. The molecule has 0 aliphatic heterocycles. The van der Waals surface area contributed by atoms with Crippen molar-refractivity contribution in [2.75, 3.05) is 19.8 Å². The van der Waals surface area contributed by atoms with Crippen LogP contribution in [0.4, 0.5) is 0 Å². The Morgan fingerprint density at radius 3 is 2.00 bits per heavy atom. The maximum absolute atomic E-state index is 12.8. The molecule has 0 saturated carbocycles. The van der Waals surface area contributed by atoms with Gasteiger partial charge in [0.05, 0.1) is 24.0 Å². The van der Waals surface area contributed by atoms with E-state index in [1.165, 1.54) is 0 Å². The summed E-state index contributed by atoms with van der Waals surface area (Å²) in [6.45, 7) is 16.2.